The number of benzene rings is 1. The molecular formula is C17H25N7O. The van der Waals surface area contributed by atoms with Gasteiger partial charge in [0, 0.05) is 11.7 Å². The molecule has 1 aromatic heterocycles. The van der Waals surface area contributed by atoms with E-state index in [1.807, 2.05) is 43.0 Å². The Morgan fingerprint density at radius 2 is 1.96 bits per heavy atom. The molecule has 2 aromatic rings. The molecule has 0 bridgehead atoms. The van der Waals surface area contributed by atoms with Crippen LogP contribution in [0.3, 0.4) is 0 Å². The van der Waals surface area contributed by atoms with Crippen LogP contribution in [-0.4, -0.2) is 38.3 Å². The molecule has 0 unspecified atom stereocenters. The minimum atomic E-state index is -0.397. The number of para-hydroxylation sites is 1. The number of nitrogen functional groups attached to an aromatic ring is 1. The molecule has 0 saturated heterocycles. The van der Waals surface area contributed by atoms with Gasteiger partial charge in [-0.1, -0.05) is 25.1 Å². The molecule has 0 spiro atoms. The Bertz CT molecular complexity index is 733. The third-order valence-electron chi connectivity index (χ3n) is 3.78. The summed E-state index contributed by atoms with van der Waals surface area (Å²) in [5.74, 6) is 0.598. The van der Waals surface area contributed by atoms with Crippen molar-refractivity contribution in [3.05, 3.63) is 35.7 Å². The van der Waals surface area contributed by atoms with Crippen LogP contribution in [0.15, 0.2) is 24.3 Å². The minimum Gasteiger partial charge on any atom is -0.369 e. The number of rotatable bonds is 8. The van der Waals surface area contributed by atoms with E-state index in [1.165, 1.54) is 0 Å². The predicted octanol–water partition coefficient (Wildman–Crippen LogP) is 1.46. The van der Waals surface area contributed by atoms with Crippen molar-refractivity contribution in [2.45, 2.75) is 39.8 Å². The topological polar surface area (TPSA) is 123 Å². The zero-order valence-electron chi connectivity index (χ0n) is 14.9. The van der Waals surface area contributed by atoms with Crippen molar-refractivity contribution in [2.24, 2.45) is 5.73 Å². The van der Waals surface area contributed by atoms with Crippen LogP contribution in [-0.2, 0) is 17.8 Å². The fraction of sp³-hybridized carbons (Fsp3) is 0.412. The second-order valence-electron chi connectivity index (χ2n) is 6.03. The van der Waals surface area contributed by atoms with Gasteiger partial charge in [0.1, 0.15) is 5.82 Å². The average Bonchev–Trinajstić information content (AvgIpc) is 2.53. The van der Waals surface area contributed by atoms with Crippen molar-refractivity contribution in [1.29, 1.82) is 0 Å². The smallest absolute Gasteiger partial charge is 0.232 e. The van der Waals surface area contributed by atoms with Gasteiger partial charge in [-0.25, -0.2) is 0 Å². The van der Waals surface area contributed by atoms with Crippen LogP contribution in [0, 0.1) is 0 Å². The second kappa shape index (κ2) is 8.39. The molecular weight excluding hydrogens is 318 g/mol. The highest BCUT2D eigenvalue weighted by molar-refractivity contribution is 5.75. The minimum absolute atomic E-state index is 0.114. The van der Waals surface area contributed by atoms with Gasteiger partial charge in [0.2, 0.25) is 17.8 Å². The molecule has 8 heteroatoms. The lowest BCUT2D eigenvalue weighted by molar-refractivity contribution is -0.119. The first-order valence-corrected chi connectivity index (χ1v) is 8.26. The zero-order valence-corrected chi connectivity index (χ0v) is 14.9. The highest BCUT2D eigenvalue weighted by atomic mass is 16.1. The number of nitrogens with two attached hydrogens (primary N) is 2. The summed E-state index contributed by atoms with van der Waals surface area (Å²) >= 11 is 0. The molecule has 0 saturated carbocycles. The summed E-state index contributed by atoms with van der Waals surface area (Å²) in [5, 5.41) is 3.20. The number of carbonyl (C=O) groups is 1. The number of anilines is 3. The van der Waals surface area contributed by atoms with E-state index in [4.69, 9.17) is 11.5 Å². The molecule has 0 atom stereocenters. The Balaban J connectivity index is 2.23. The maximum atomic E-state index is 11.2. The van der Waals surface area contributed by atoms with E-state index < -0.39 is 5.91 Å². The van der Waals surface area contributed by atoms with Gasteiger partial charge in [-0.2, -0.15) is 15.0 Å². The van der Waals surface area contributed by atoms with Gasteiger partial charge >= 0.3 is 0 Å². The van der Waals surface area contributed by atoms with Crippen LogP contribution < -0.4 is 16.8 Å². The van der Waals surface area contributed by atoms with Crippen molar-refractivity contribution < 1.29 is 4.79 Å². The first-order valence-electron chi connectivity index (χ1n) is 8.26. The number of nitrogens with zero attached hydrogens (tertiary/aromatic N) is 4. The van der Waals surface area contributed by atoms with E-state index in [9.17, 15) is 4.79 Å². The fourth-order valence-corrected chi connectivity index (χ4v) is 2.44. The Hall–Kier alpha value is -2.74. The van der Waals surface area contributed by atoms with Gasteiger partial charge in [0.05, 0.1) is 13.1 Å². The van der Waals surface area contributed by atoms with E-state index in [1.54, 1.807) is 0 Å². The summed E-state index contributed by atoms with van der Waals surface area (Å²) in [5.41, 5.74) is 13.2. The summed E-state index contributed by atoms with van der Waals surface area (Å²) in [6.07, 6.45) is 0.885. The molecule has 0 fully saturated rings. The molecule has 0 aliphatic carbocycles. The SMILES string of the molecule is CCc1ccccc1Nc1nc(N)nc(CN(CC(N)=O)C(C)C)n1. The highest BCUT2D eigenvalue weighted by Gasteiger charge is 2.16. The predicted molar refractivity (Wildman–Crippen MR) is 98.1 cm³/mol. The molecule has 8 nitrogen and oxygen atoms in total. The maximum absolute atomic E-state index is 11.2. The second-order valence-corrected chi connectivity index (χ2v) is 6.03. The van der Waals surface area contributed by atoms with Crippen molar-refractivity contribution in [2.75, 3.05) is 17.6 Å². The van der Waals surface area contributed by atoms with E-state index in [2.05, 4.69) is 27.2 Å². The van der Waals surface area contributed by atoms with Gasteiger partial charge in [-0.15, -0.1) is 0 Å². The van der Waals surface area contributed by atoms with Crippen molar-refractivity contribution in [3.8, 4) is 0 Å². The number of aryl methyl sites for hydroxylation is 1. The van der Waals surface area contributed by atoms with Gasteiger partial charge in [-0.3, -0.25) is 9.69 Å². The summed E-state index contributed by atoms with van der Waals surface area (Å²) < 4.78 is 0. The zero-order chi connectivity index (χ0) is 18.4. The average molecular weight is 343 g/mol. The number of amides is 1. The third kappa shape index (κ3) is 5.39. The Morgan fingerprint density at radius 1 is 1.24 bits per heavy atom. The number of hydrogen-bond donors (Lipinski definition) is 3. The molecule has 2 rings (SSSR count). The van der Waals surface area contributed by atoms with Crippen molar-refractivity contribution >= 4 is 23.5 Å². The summed E-state index contributed by atoms with van der Waals surface area (Å²) in [4.78, 5) is 25.9. The lowest BCUT2D eigenvalue weighted by Crippen LogP contribution is -2.38. The number of hydrogen-bond acceptors (Lipinski definition) is 7. The molecule has 1 aromatic carbocycles. The largest absolute Gasteiger partial charge is 0.369 e. The normalized spacial score (nSPS) is 11.1. The molecule has 25 heavy (non-hydrogen) atoms. The Kier molecular flexibility index (Phi) is 6.24. The number of aromatic nitrogens is 3. The molecule has 5 N–H and O–H groups in total. The van der Waals surface area contributed by atoms with E-state index in [0.29, 0.717) is 18.3 Å². The molecule has 0 aliphatic heterocycles. The fourth-order valence-electron chi connectivity index (χ4n) is 2.44. The van der Waals surface area contributed by atoms with Crippen LogP contribution >= 0.6 is 0 Å². The quantitative estimate of drug-likeness (QED) is 0.663. The van der Waals surface area contributed by atoms with Crippen LogP contribution in [0.25, 0.3) is 0 Å². The van der Waals surface area contributed by atoms with Crippen LogP contribution in [0.4, 0.5) is 17.6 Å². The van der Waals surface area contributed by atoms with E-state index >= 15 is 0 Å². The lowest BCUT2D eigenvalue weighted by atomic mass is 10.1. The molecule has 1 amide bonds. The molecule has 134 valence electrons. The van der Waals surface area contributed by atoms with Crippen molar-refractivity contribution in [1.82, 2.24) is 19.9 Å². The number of nitrogens with one attached hydrogen (secondary N) is 1. The van der Waals surface area contributed by atoms with Gasteiger partial charge in [0.15, 0.2) is 0 Å². The number of carbonyl (C=O) groups excluding carboxylic acids is 1. The Morgan fingerprint density at radius 3 is 2.60 bits per heavy atom. The van der Waals surface area contributed by atoms with E-state index in [-0.39, 0.29) is 18.5 Å². The first kappa shape index (κ1) is 18.6. The maximum Gasteiger partial charge on any atom is 0.232 e. The standard InChI is InChI=1S/C17H25N7O/c1-4-12-7-5-6-8-13(12)20-17-22-15(21-16(19)23-17)10-24(11(2)3)9-14(18)25/h5-8,11H,4,9-10H2,1-3H3,(H2,18,25)(H3,19,20,21,22,23). The molecule has 1 heterocycles. The monoisotopic (exact) mass is 343 g/mol. The lowest BCUT2D eigenvalue weighted by Gasteiger charge is -2.24. The Labute approximate surface area is 147 Å². The van der Waals surface area contributed by atoms with Gasteiger partial charge < -0.3 is 16.8 Å². The number of primary amides is 1. The molecule has 0 aliphatic rings. The van der Waals surface area contributed by atoms with E-state index in [0.717, 1.165) is 17.7 Å². The van der Waals surface area contributed by atoms with Crippen LogP contribution in [0.2, 0.25) is 0 Å². The molecule has 0 radical (unpaired) electrons. The summed E-state index contributed by atoms with van der Waals surface area (Å²) in [6.45, 7) is 6.52. The third-order valence-corrected chi connectivity index (χ3v) is 3.78. The summed E-state index contributed by atoms with van der Waals surface area (Å²) in [6, 6.07) is 8.05. The van der Waals surface area contributed by atoms with Crippen LogP contribution in [0.5, 0.6) is 0 Å². The summed E-state index contributed by atoms with van der Waals surface area (Å²) in [7, 11) is 0. The first-order chi connectivity index (χ1) is 11.9. The highest BCUT2D eigenvalue weighted by Crippen LogP contribution is 2.19. The van der Waals surface area contributed by atoms with Gasteiger partial charge in [0.25, 0.3) is 0 Å². The van der Waals surface area contributed by atoms with Crippen LogP contribution in [0.1, 0.15) is 32.2 Å². The van der Waals surface area contributed by atoms with Crippen molar-refractivity contribution in [3.63, 3.8) is 0 Å². The van der Waals surface area contributed by atoms with Gasteiger partial charge in [-0.05, 0) is 31.9 Å².